The lowest BCUT2D eigenvalue weighted by molar-refractivity contribution is 0.397. The van der Waals surface area contributed by atoms with Crippen LogP contribution in [0.25, 0.3) is 38.8 Å². The van der Waals surface area contributed by atoms with Crippen LogP contribution in [0.4, 0.5) is 0 Å². The Balaban J connectivity index is 1.60. The van der Waals surface area contributed by atoms with Crippen LogP contribution in [0.3, 0.4) is 0 Å². The van der Waals surface area contributed by atoms with E-state index in [4.69, 9.17) is 17.9 Å². The fourth-order valence-electron chi connectivity index (χ4n) is 6.54. The quantitative estimate of drug-likeness (QED) is 0.182. The Labute approximate surface area is 258 Å². The fraction of sp³-hybridized carbons (Fsp3) is 0.211. The van der Waals surface area contributed by atoms with E-state index in [9.17, 15) is 0 Å². The van der Waals surface area contributed by atoms with E-state index in [1.165, 1.54) is 16.5 Å². The van der Waals surface area contributed by atoms with Crippen LogP contribution in [0.5, 0.6) is 11.5 Å². The summed E-state index contributed by atoms with van der Waals surface area (Å²) in [4.78, 5) is 0. The Morgan fingerprint density at radius 3 is 2.00 bits per heavy atom. The average molecular weight is 602 g/mol. The molecule has 6 heteroatoms. The first kappa shape index (κ1) is 28.3. The molecule has 5 nitrogen and oxygen atoms in total. The van der Waals surface area contributed by atoms with Crippen molar-refractivity contribution in [2.75, 3.05) is 18.9 Å². The lowest BCUT2D eigenvalue weighted by atomic mass is 9.91. The zero-order valence-corrected chi connectivity index (χ0v) is 26.4. The molecule has 1 aliphatic rings. The lowest BCUT2D eigenvalue weighted by Crippen LogP contribution is -2.33. The number of methoxy groups -OCH3 is 2. The van der Waals surface area contributed by atoms with E-state index in [-0.39, 0.29) is 12.1 Å². The third kappa shape index (κ3) is 4.87. The molecule has 0 bridgehead atoms. The monoisotopic (exact) mass is 601 g/mol. The molecule has 0 saturated carbocycles. The molecule has 1 atom stereocenters. The van der Waals surface area contributed by atoms with Gasteiger partial charge >= 0.3 is 8.16 Å². The molecular weight excluding hydrogens is 565 g/mol. The Kier molecular flexibility index (Phi) is 7.68. The third-order valence-corrected chi connectivity index (χ3v) is 10.3. The molecular formula is C38H36NO4P. The molecule has 44 heavy (non-hydrogen) atoms. The van der Waals surface area contributed by atoms with Gasteiger partial charge in [0.15, 0.2) is 0 Å². The van der Waals surface area contributed by atoms with E-state index >= 15 is 0 Å². The summed E-state index contributed by atoms with van der Waals surface area (Å²) in [5.41, 5.74) is 6.27. The summed E-state index contributed by atoms with van der Waals surface area (Å²) in [5, 5.41) is 4.58. The number of ether oxygens (including phenoxy) is 2. The smallest absolute Gasteiger partial charge is 0.310 e. The van der Waals surface area contributed by atoms with Crippen LogP contribution in [-0.2, 0) is 6.42 Å². The number of nitrogens with zero attached hydrogens (tertiary/aromatic N) is 1. The molecule has 1 unspecified atom stereocenters. The SMILES string of the molecule is COc1ccccc1C(c1ccccc1OC)N(C(C)C)p1oc2ccc3c(c2c2c(ccc4ccccc42)o1)CCC=C3. The number of hydrogen-bond acceptors (Lipinski definition) is 5. The van der Waals surface area contributed by atoms with Gasteiger partial charge in [0, 0.05) is 27.9 Å². The highest BCUT2D eigenvalue weighted by molar-refractivity contribution is 7.39. The van der Waals surface area contributed by atoms with Crippen molar-refractivity contribution in [3.63, 3.8) is 0 Å². The van der Waals surface area contributed by atoms with Crippen molar-refractivity contribution in [1.82, 2.24) is 0 Å². The first-order valence-corrected chi connectivity index (χ1v) is 16.3. The first-order valence-electron chi connectivity index (χ1n) is 15.1. The van der Waals surface area contributed by atoms with Gasteiger partial charge in [0.05, 0.1) is 20.3 Å². The van der Waals surface area contributed by atoms with Gasteiger partial charge in [-0.05, 0) is 72.9 Å². The minimum atomic E-state index is -1.66. The van der Waals surface area contributed by atoms with Gasteiger partial charge in [-0.25, -0.2) is 0 Å². The highest BCUT2D eigenvalue weighted by Gasteiger charge is 2.34. The molecule has 0 saturated heterocycles. The molecule has 0 aliphatic heterocycles. The maximum atomic E-state index is 7.11. The summed E-state index contributed by atoms with van der Waals surface area (Å²) < 4.78 is 28.4. The zero-order chi connectivity index (χ0) is 30.2. The maximum Gasteiger partial charge on any atom is 0.310 e. The molecule has 0 spiro atoms. The number of para-hydroxylation sites is 2. The van der Waals surface area contributed by atoms with Gasteiger partial charge in [-0.1, -0.05) is 84.9 Å². The average Bonchev–Trinajstić information content (AvgIpc) is 3.24. The Morgan fingerprint density at radius 2 is 1.32 bits per heavy atom. The van der Waals surface area contributed by atoms with Gasteiger partial charge in [-0.2, -0.15) is 4.67 Å². The second-order valence-corrected chi connectivity index (χ2v) is 12.7. The molecule has 5 aromatic carbocycles. The molecule has 7 rings (SSSR count). The van der Waals surface area contributed by atoms with Crippen molar-refractivity contribution >= 4 is 47.0 Å². The van der Waals surface area contributed by atoms with Gasteiger partial charge in [-0.15, -0.1) is 0 Å². The summed E-state index contributed by atoms with van der Waals surface area (Å²) in [6.07, 6.45) is 6.45. The normalized spacial score (nSPS) is 13.3. The van der Waals surface area contributed by atoms with Crippen molar-refractivity contribution in [3.05, 3.63) is 125 Å². The summed E-state index contributed by atoms with van der Waals surface area (Å²) in [7, 11) is 1.78. The van der Waals surface area contributed by atoms with Crippen LogP contribution < -0.4 is 14.1 Å². The molecule has 1 heterocycles. The largest absolute Gasteiger partial charge is 0.496 e. The van der Waals surface area contributed by atoms with Crippen molar-refractivity contribution in [2.24, 2.45) is 0 Å². The molecule has 6 aromatic rings. The van der Waals surface area contributed by atoms with Gasteiger partial charge in [0.25, 0.3) is 0 Å². The van der Waals surface area contributed by atoms with Gasteiger partial charge in [0.2, 0.25) is 0 Å². The third-order valence-electron chi connectivity index (χ3n) is 8.51. The number of hydrogen-bond donors (Lipinski definition) is 0. The molecule has 1 aliphatic carbocycles. The Hall–Kier alpha value is -4.44. The van der Waals surface area contributed by atoms with E-state index in [1.54, 1.807) is 14.2 Å². The summed E-state index contributed by atoms with van der Waals surface area (Å²) in [5.74, 6) is 1.60. The second-order valence-electron chi connectivity index (χ2n) is 11.4. The molecule has 0 N–H and O–H groups in total. The molecule has 0 amide bonds. The van der Waals surface area contributed by atoms with Crippen LogP contribution in [0.2, 0.25) is 0 Å². The minimum Gasteiger partial charge on any atom is -0.496 e. The van der Waals surface area contributed by atoms with Crippen LogP contribution >= 0.6 is 8.16 Å². The van der Waals surface area contributed by atoms with E-state index in [0.29, 0.717) is 0 Å². The van der Waals surface area contributed by atoms with Crippen molar-refractivity contribution in [3.8, 4) is 11.5 Å². The summed E-state index contributed by atoms with van der Waals surface area (Å²) in [6, 6.07) is 33.3. The van der Waals surface area contributed by atoms with E-state index in [1.807, 2.05) is 24.3 Å². The molecule has 222 valence electrons. The zero-order valence-electron chi connectivity index (χ0n) is 25.5. The van der Waals surface area contributed by atoms with Crippen LogP contribution in [0.15, 0.2) is 112 Å². The van der Waals surface area contributed by atoms with Gasteiger partial charge in [0.1, 0.15) is 22.7 Å². The standard InChI is InChI=1S/C38H36NO4P/c1-25(2)39(38(30-17-9-11-19-32(30)40-3)31-18-10-12-20-33(31)41-4)44-42-34-23-21-26-13-5-7-15-28(26)36(34)37-29-16-8-6-14-27(29)22-24-35(37)43-44/h5-7,9-15,17-25,38H,8,16H2,1-4H3. The lowest BCUT2D eigenvalue weighted by Gasteiger charge is -2.33. The van der Waals surface area contributed by atoms with Crippen molar-refractivity contribution in [1.29, 1.82) is 0 Å². The topological polar surface area (TPSA) is 48.0 Å². The second kappa shape index (κ2) is 11.9. The fourth-order valence-corrected chi connectivity index (χ4v) is 8.22. The van der Waals surface area contributed by atoms with Crippen molar-refractivity contribution < 1.29 is 17.9 Å². The highest BCUT2D eigenvalue weighted by Crippen LogP contribution is 2.49. The van der Waals surface area contributed by atoms with Crippen LogP contribution in [0, 0.1) is 0 Å². The molecule has 0 fully saturated rings. The van der Waals surface area contributed by atoms with E-state index < -0.39 is 8.16 Å². The predicted molar refractivity (Wildman–Crippen MR) is 182 cm³/mol. The van der Waals surface area contributed by atoms with E-state index in [0.717, 1.165) is 62.8 Å². The number of rotatable bonds is 7. The van der Waals surface area contributed by atoms with Gasteiger partial charge < -0.3 is 17.9 Å². The Morgan fingerprint density at radius 1 is 0.705 bits per heavy atom. The molecule has 0 radical (unpaired) electrons. The number of aryl methyl sites for hydroxylation is 1. The first-order chi connectivity index (χ1) is 21.6. The van der Waals surface area contributed by atoms with Crippen molar-refractivity contribution in [2.45, 2.75) is 38.8 Å². The number of fused-ring (bicyclic) bond motifs is 7. The van der Waals surface area contributed by atoms with Crippen LogP contribution in [-0.4, -0.2) is 20.3 Å². The number of benzene rings is 5. The van der Waals surface area contributed by atoms with E-state index in [2.05, 4.69) is 103 Å². The predicted octanol–water partition coefficient (Wildman–Crippen LogP) is 10.6. The Bertz CT molecular complexity index is 2010. The maximum absolute atomic E-state index is 7.11. The summed E-state index contributed by atoms with van der Waals surface area (Å²) >= 11 is 0. The number of allylic oxidation sites excluding steroid dienone is 1. The molecule has 1 aromatic heterocycles. The minimum absolute atomic E-state index is 0.0342. The van der Waals surface area contributed by atoms with Gasteiger partial charge in [-0.3, -0.25) is 0 Å². The van der Waals surface area contributed by atoms with Crippen LogP contribution in [0.1, 0.15) is 48.6 Å². The summed E-state index contributed by atoms with van der Waals surface area (Å²) in [6.45, 7) is 4.38. The highest BCUT2D eigenvalue weighted by atomic mass is 31.1.